The Morgan fingerprint density at radius 1 is 1.38 bits per heavy atom. The molecule has 3 aromatic rings. The fourth-order valence-corrected chi connectivity index (χ4v) is 4.35. The third-order valence-electron chi connectivity index (χ3n) is 6.09. The minimum Gasteiger partial charge on any atom is -0.391 e. The molecule has 34 heavy (non-hydrogen) atoms. The summed E-state index contributed by atoms with van der Waals surface area (Å²) in [5.41, 5.74) is 0.504. The summed E-state index contributed by atoms with van der Waals surface area (Å²) in [6.45, 7) is 5.34. The summed E-state index contributed by atoms with van der Waals surface area (Å²) < 4.78 is 5.24. The van der Waals surface area contributed by atoms with E-state index in [1.165, 1.54) is 4.90 Å². The molecule has 180 valence electrons. The Bertz CT molecular complexity index is 1150. The van der Waals surface area contributed by atoms with Crippen molar-refractivity contribution in [3.63, 3.8) is 0 Å². The van der Waals surface area contributed by atoms with Gasteiger partial charge in [-0.05, 0) is 38.5 Å². The van der Waals surface area contributed by atoms with Crippen LogP contribution in [0.5, 0.6) is 0 Å². The molecule has 1 saturated heterocycles. The number of halogens is 1. The fourth-order valence-electron chi connectivity index (χ4n) is 4.23. The second-order valence-corrected chi connectivity index (χ2v) is 9.26. The van der Waals surface area contributed by atoms with E-state index >= 15 is 0 Å². The lowest BCUT2D eigenvalue weighted by atomic mass is 9.87. The highest BCUT2D eigenvalue weighted by molar-refractivity contribution is 6.30. The van der Waals surface area contributed by atoms with E-state index in [4.69, 9.17) is 16.1 Å². The molecule has 0 spiro atoms. The third kappa shape index (κ3) is 4.95. The number of aliphatic hydroxyl groups excluding tert-OH is 1. The van der Waals surface area contributed by atoms with E-state index in [0.29, 0.717) is 22.3 Å². The van der Waals surface area contributed by atoms with Crippen molar-refractivity contribution < 1.29 is 19.2 Å². The van der Waals surface area contributed by atoms with Crippen LogP contribution >= 0.6 is 11.6 Å². The number of H-pyrrole nitrogens is 1. The summed E-state index contributed by atoms with van der Waals surface area (Å²) in [4.78, 5) is 28.2. The van der Waals surface area contributed by atoms with Crippen molar-refractivity contribution in [2.75, 3.05) is 6.54 Å². The van der Waals surface area contributed by atoms with Gasteiger partial charge in [-0.1, -0.05) is 34.1 Å². The number of nitrogens with zero attached hydrogens (tertiary/aromatic N) is 5. The van der Waals surface area contributed by atoms with Crippen molar-refractivity contribution in [3.05, 3.63) is 58.2 Å². The van der Waals surface area contributed by atoms with Gasteiger partial charge in [0.2, 0.25) is 11.8 Å². The normalized spacial score (nSPS) is 20.7. The maximum absolute atomic E-state index is 13.5. The van der Waals surface area contributed by atoms with E-state index in [9.17, 15) is 14.7 Å². The highest BCUT2D eigenvalue weighted by Gasteiger charge is 2.43. The molecule has 12 heteroatoms. The molecule has 2 amide bonds. The van der Waals surface area contributed by atoms with E-state index in [1.54, 1.807) is 32.0 Å². The molecule has 3 N–H and O–H groups in total. The van der Waals surface area contributed by atoms with E-state index in [0.717, 1.165) is 5.56 Å². The van der Waals surface area contributed by atoms with Gasteiger partial charge >= 0.3 is 0 Å². The molecule has 0 aliphatic carbocycles. The number of aliphatic hydroxyl groups is 1. The number of carbonyl (C=O) groups is 2. The van der Waals surface area contributed by atoms with E-state index in [2.05, 4.69) is 31.1 Å². The lowest BCUT2D eigenvalue weighted by molar-refractivity contribution is -0.140. The van der Waals surface area contributed by atoms with Crippen LogP contribution < -0.4 is 5.32 Å². The smallest absolute Gasteiger partial charge is 0.243 e. The van der Waals surface area contributed by atoms with Gasteiger partial charge in [-0.25, -0.2) is 0 Å². The number of tetrazole rings is 1. The summed E-state index contributed by atoms with van der Waals surface area (Å²) in [5.74, 6) is -0.549. The van der Waals surface area contributed by atoms with Gasteiger partial charge in [0, 0.05) is 30.5 Å². The zero-order valence-electron chi connectivity index (χ0n) is 19.0. The van der Waals surface area contributed by atoms with Crippen LogP contribution in [0.3, 0.4) is 0 Å². The van der Waals surface area contributed by atoms with Crippen LogP contribution in [0.25, 0.3) is 0 Å². The zero-order valence-corrected chi connectivity index (χ0v) is 19.8. The van der Waals surface area contributed by atoms with Crippen molar-refractivity contribution in [3.8, 4) is 0 Å². The Balaban J connectivity index is 1.58. The average Bonchev–Trinajstić information content (AvgIpc) is 3.54. The number of aromatic nitrogens is 5. The Hall–Kier alpha value is -3.31. The molecule has 1 aliphatic rings. The molecule has 4 rings (SSSR count). The second-order valence-electron chi connectivity index (χ2n) is 8.82. The average molecular weight is 488 g/mol. The van der Waals surface area contributed by atoms with Crippen LogP contribution in [-0.2, 0) is 21.5 Å². The van der Waals surface area contributed by atoms with Gasteiger partial charge in [0.15, 0.2) is 5.82 Å². The number of nitrogens with one attached hydrogen (secondary N) is 2. The largest absolute Gasteiger partial charge is 0.391 e. The summed E-state index contributed by atoms with van der Waals surface area (Å²) >= 11 is 6.05. The van der Waals surface area contributed by atoms with Gasteiger partial charge < -0.3 is 19.8 Å². The van der Waals surface area contributed by atoms with Crippen molar-refractivity contribution in [1.82, 2.24) is 36.0 Å². The number of carbonyl (C=O) groups excluding carboxylic acids is 2. The first-order valence-corrected chi connectivity index (χ1v) is 11.3. The van der Waals surface area contributed by atoms with Crippen molar-refractivity contribution >= 4 is 23.4 Å². The Kier molecular flexibility index (Phi) is 6.67. The van der Waals surface area contributed by atoms with Crippen LogP contribution in [0.4, 0.5) is 0 Å². The second kappa shape index (κ2) is 9.51. The molecule has 0 radical (unpaired) electrons. The summed E-state index contributed by atoms with van der Waals surface area (Å²) in [7, 11) is 0. The summed E-state index contributed by atoms with van der Waals surface area (Å²) in [5, 5.41) is 31.8. The number of hydrogen-bond acceptors (Lipinski definition) is 8. The lowest BCUT2D eigenvalue weighted by Crippen LogP contribution is -2.53. The monoisotopic (exact) mass is 487 g/mol. The Morgan fingerprint density at radius 2 is 2.12 bits per heavy atom. The maximum Gasteiger partial charge on any atom is 0.243 e. The van der Waals surface area contributed by atoms with Crippen molar-refractivity contribution in [2.24, 2.45) is 0 Å². The van der Waals surface area contributed by atoms with Crippen molar-refractivity contribution in [1.29, 1.82) is 0 Å². The number of likely N-dealkylation sites (tertiary alicyclic amines) is 1. The summed E-state index contributed by atoms with van der Waals surface area (Å²) in [6.07, 6.45) is -0.450. The van der Waals surface area contributed by atoms with Crippen molar-refractivity contribution in [2.45, 2.75) is 57.2 Å². The van der Waals surface area contributed by atoms with Gasteiger partial charge in [-0.2, -0.15) is 5.21 Å². The number of aryl methyl sites for hydroxylation is 1. The molecular formula is C22H26ClN7O4. The summed E-state index contributed by atoms with van der Waals surface area (Å²) in [6, 6.07) is 7.91. The van der Waals surface area contributed by atoms with Gasteiger partial charge in [0.05, 0.1) is 23.3 Å². The minimum atomic E-state index is -0.929. The van der Waals surface area contributed by atoms with Gasteiger partial charge in [-0.3, -0.25) is 9.59 Å². The van der Waals surface area contributed by atoms with E-state index in [-0.39, 0.29) is 25.3 Å². The standard InChI is InChI=1S/C22H26ClN7O4/c1-12-8-18(34-27-12)13(2)21(33)30-11-16(31)9-17(30)20(32)24-22(3,10-19-25-28-29-26-19)14-4-6-15(23)7-5-14/h4-8,13,16-17,31H,9-11H2,1-3H3,(H,24,32)(H,25,26,28,29)/t13-,16-,17+,22?/m1/s1. The number of amides is 2. The van der Waals surface area contributed by atoms with Crippen LogP contribution in [0.15, 0.2) is 34.9 Å². The molecule has 1 aromatic carbocycles. The number of aromatic amines is 1. The van der Waals surface area contributed by atoms with Crippen LogP contribution in [0.2, 0.25) is 5.02 Å². The van der Waals surface area contributed by atoms with Crippen LogP contribution in [-0.4, -0.2) is 66.3 Å². The molecule has 4 atom stereocenters. The molecule has 1 aliphatic heterocycles. The number of rotatable bonds is 7. The quantitative estimate of drug-likeness (QED) is 0.453. The maximum atomic E-state index is 13.5. The minimum absolute atomic E-state index is 0.0525. The molecular weight excluding hydrogens is 462 g/mol. The number of β-amino-alcohol motifs (C(OH)–C–C–N with tert-alkyl or cyclic N) is 1. The topological polar surface area (TPSA) is 150 Å². The molecule has 1 fully saturated rings. The van der Waals surface area contributed by atoms with E-state index < -0.39 is 29.5 Å². The first-order chi connectivity index (χ1) is 16.2. The highest BCUT2D eigenvalue weighted by Crippen LogP contribution is 2.29. The van der Waals surface area contributed by atoms with E-state index in [1.807, 2.05) is 19.1 Å². The lowest BCUT2D eigenvalue weighted by Gasteiger charge is -2.34. The highest BCUT2D eigenvalue weighted by atomic mass is 35.5. The molecule has 0 bridgehead atoms. The Morgan fingerprint density at radius 3 is 2.74 bits per heavy atom. The Labute approximate surface area is 200 Å². The molecule has 3 heterocycles. The number of hydrogen-bond donors (Lipinski definition) is 3. The van der Waals surface area contributed by atoms with Gasteiger partial charge in [0.1, 0.15) is 11.8 Å². The molecule has 1 unspecified atom stereocenters. The molecule has 0 saturated carbocycles. The van der Waals surface area contributed by atoms with Crippen LogP contribution in [0.1, 0.15) is 49.0 Å². The SMILES string of the molecule is Cc1cc([C@@H](C)C(=O)N2C[C@H](O)C[C@H]2C(=O)NC(C)(Cc2nn[nH]n2)c2ccc(Cl)cc2)on1. The third-order valence-corrected chi connectivity index (χ3v) is 6.34. The van der Waals surface area contributed by atoms with Crippen LogP contribution in [0, 0.1) is 6.92 Å². The van der Waals surface area contributed by atoms with Gasteiger partial charge in [-0.15, -0.1) is 10.2 Å². The first kappa shape index (κ1) is 23.8. The van der Waals surface area contributed by atoms with Gasteiger partial charge in [0.25, 0.3) is 0 Å². The zero-order chi connectivity index (χ0) is 24.5. The number of benzene rings is 1. The molecule has 11 nitrogen and oxygen atoms in total. The first-order valence-electron chi connectivity index (χ1n) is 10.9. The molecule has 2 aromatic heterocycles. The fraction of sp³-hybridized carbons (Fsp3) is 0.455. The predicted octanol–water partition coefficient (Wildman–Crippen LogP) is 1.49. The predicted molar refractivity (Wildman–Crippen MR) is 121 cm³/mol.